The highest BCUT2D eigenvalue weighted by Gasteiger charge is 2.35. The van der Waals surface area contributed by atoms with Gasteiger partial charge in [-0.15, -0.1) is 0 Å². The standard InChI is InChI=1S/C10H21NO2/c1-2-3-5-9(11)10(12)6-4-7-13-8-10/h9,12H,2-8,11H2,1H3. The predicted molar refractivity (Wildman–Crippen MR) is 52.5 cm³/mol. The molecule has 78 valence electrons. The Morgan fingerprint density at radius 3 is 2.92 bits per heavy atom. The fraction of sp³-hybridized carbons (Fsp3) is 1.00. The van der Waals surface area contributed by atoms with E-state index in [2.05, 4.69) is 6.92 Å². The van der Waals surface area contributed by atoms with Crippen molar-refractivity contribution >= 4 is 0 Å². The number of unbranched alkanes of at least 4 members (excludes halogenated alkanes) is 1. The number of rotatable bonds is 4. The van der Waals surface area contributed by atoms with Gasteiger partial charge in [-0.05, 0) is 19.3 Å². The van der Waals surface area contributed by atoms with Crippen LogP contribution in [0.4, 0.5) is 0 Å². The largest absolute Gasteiger partial charge is 0.386 e. The molecule has 0 aromatic carbocycles. The van der Waals surface area contributed by atoms with Crippen LogP contribution in [0.25, 0.3) is 0 Å². The lowest BCUT2D eigenvalue weighted by Gasteiger charge is -2.36. The Bertz CT molecular complexity index is 144. The number of hydrogen-bond donors (Lipinski definition) is 2. The van der Waals surface area contributed by atoms with Gasteiger partial charge in [-0.25, -0.2) is 0 Å². The highest BCUT2D eigenvalue weighted by atomic mass is 16.5. The maximum atomic E-state index is 10.1. The van der Waals surface area contributed by atoms with Crippen molar-refractivity contribution in [2.75, 3.05) is 13.2 Å². The molecule has 0 amide bonds. The van der Waals surface area contributed by atoms with Crippen molar-refractivity contribution in [3.63, 3.8) is 0 Å². The fourth-order valence-corrected chi connectivity index (χ4v) is 1.79. The number of ether oxygens (including phenoxy) is 1. The zero-order chi connectivity index (χ0) is 9.73. The molecule has 0 spiro atoms. The molecule has 0 bridgehead atoms. The third-order valence-corrected chi connectivity index (χ3v) is 2.81. The van der Waals surface area contributed by atoms with Gasteiger partial charge in [0.25, 0.3) is 0 Å². The van der Waals surface area contributed by atoms with Gasteiger partial charge in [0.15, 0.2) is 0 Å². The summed E-state index contributed by atoms with van der Waals surface area (Å²) in [5.41, 5.74) is 5.18. The molecule has 1 aliphatic heterocycles. The zero-order valence-corrected chi connectivity index (χ0v) is 8.46. The molecule has 0 saturated carbocycles. The lowest BCUT2D eigenvalue weighted by atomic mass is 9.86. The topological polar surface area (TPSA) is 55.5 Å². The summed E-state index contributed by atoms with van der Waals surface area (Å²) in [6.07, 6.45) is 4.83. The van der Waals surface area contributed by atoms with E-state index in [0.29, 0.717) is 6.61 Å². The normalized spacial score (nSPS) is 31.6. The maximum Gasteiger partial charge on any atom is 0.103 e. The van der Waals surface area contributed by atoms with Crippen molar-refractivity contribution in [2.45, 2.75) is 50.7 Å². The van der Waals surface area contributed by atoms with Crippen molar-refractivity contribution < 1.29 is 9.84 Å². The zero-order valence-electron chi connectivity index (χ0n) is 8.46. The number of aliphatic hydroxyl groups is 1. The van der Waals surface area contributed by atoms with Crippen LogP contribution in [0.5, 0.6) is 0 Å². The first-order valence-electron chi connectivity index (χ1n) is 5.25. The average Bonchev–Trinajstić information content (AvgIpc) is 2.15. The number of nitrogens with two attached hydrogens (primary N) is 1. The van der Waals surface area contributed by atoms with Crippen LogP contribution in [0.1, 0.15) is 39.0 Å². The fourth-order valence-electron chi connectivity index (χ4n) is 1.79. The van der Waals surface area contributed by atoms with Crippen LogP contribution in [0.3, 0.4) is 0 Å². The van der Waals surface area contributed by atoms with E-state index >= 15 is 0 Å². The van der Waals surface area contributed by atoms with Gasteiger partial charge in [0.05, 0.1) is 6.61 Å². The molecule has 3 N–H and O–H groups in total. The highest BCUT2D eigenvalue weighted by Crippen LogP contribution is 2.24. The smallest absolute Gasteiger partial charge is 0.103 e. The molecule has 2 unspecified atom stereocenters. The molecule has 1 aliphatic rings. The van der Waals surface area contributed by atoms with E-state index in [9.17, 15) is 5.11 Å². The molecule has 3 heteroatoms. The Morgan fingerprint density at radius 2 is 2.38 bits per heavy atom. The lowest BCUT2D eigenvalue weighted by molar-refractivity contribution is -0.101. The Hall–Kier alpha value is -0.120. The van der Waals surface area contributed by atoms with E-state index in [0.717, 1.165) is 38.7 Å². The van der Waals surface area contributed by atoms with Crippen LogP contribution in [-0.4, -0.2) is 30.0 Å². The van der Waals surface area contributed by atoms with Crippen molar-refractivity contribution in [2.24, 2.45) is 5.73 Å². The molecule has 1 fully saturated rings. The second-order valence-corrected chi connectivity index (χ2v) is 4.01. The second kappa shape index (κ2) is 4.94. The van der Waals surface area contributed by atoms with E-state index in [1.165, 1.54) is 0 Å². The van der Waals surface area contributed by atoms with Crippen LogP contribution in [-0.2, 0) is 4.74 Å². The summed E-state index contributed by atoms with van der Waals surface area (Å²) in [5.74, 6) is 0. The highest BCUT2D eigenvalue weighted by molar-refractivity contribution is 4.91. The van der Waals surface area contributed by atoms with Gasteiger partial charge < -0.3 is 15.6 Å². The van der Waals surface area contributed by atoms with Gasteiger partial charge in [0, 0.05) is 12.6 Å². The molecule has 3 nitrogen and oxygen atoms in total. The Balaban J connectivity index is 2.37. The van der Waals surface area contributed by atoms with E-state index in [4.69, 9.17) is 10.5 Å². The van der Waals surface area contributed by atoms with Crippen LogP contribution < -0.4 is 5.73 Å². The minimum Gasteiger partial charge on any atom is -0.386 e. The molecule has 1 heterocycles. The van der Waals surface area contributed by atoms with Crippen molar-refractivity contribution in [1.29, 1.82) is 0 Å². The van der Waals surface area contributed by atoms with Crippen LogP contribution in [0.15, 0.2) is 0 Å². The molecular weight excluding hydrogens is 166 g/mol. The first-order valence-corrected chi connectivity index (χ1v) is 5.25. The van der Waals surface area contributed by atoms with E-state index in [-0.39, 0.29) is 6.04 Å². The van der Waals surface area contributed by atoms with Gasteiger partial charge >= 0.3 is 0 Å². The summed E-state index contributed by atoms with van der Waals surface area (Å²) in [4.78, 5) is 0. The van der Waals surface area contributed by atoms with Gasteiger partial charge in [0.2, 0.25) is 0 Å². The van der Waals surface area contributed by atoms with Gasteiger partial charge in [0.1, 0.15) is 5.60 Å². The molecule has 1 saturated heterocycles. The average molecular weight is 187 g/mol. The summed E-state index contributed by atoms with van der Waals surface area (Å²) in [6, 6.07) is -0.118. The Morgan fingerprint density at radius 1 is 1.62 bits per heavy atom. The summed E-state index contributed by atoms with van der Waals surface area (Å²) < 4.78 is 5.26. The van der Waals surface area contributed by atoms with Gasteiger partial charge in [-0.3, -0.25) is 0 Å². The second-order valence-electron chi connectivity index (χ2n) is 4.01. The van der Waals surface area contributed by atoms with Crippen molar-refractivity contribution in [1.82, 2.24) is 0 Å². The summed E-state index contributed by atoms with van der Waals surface area (Å²) in [6.45, 7) is 3.31. The van der Waals surface area contributed by atoms with Crippen molar-refractivity contribution in [3.8, 4) is 0 Å². The van der Waals surface area contributed by atoms with Crippen LogP contribution in [0, 0.1) is 0 Å². The summed E-state index contributed by atoms with van der Waals surface area (Å²) in [7, 11) is 0. The molecule has 0 aliphatic carbocycles. The first-order chi connectivity index (χ1) is 6.19. The van der Waals surface area contributed by atoms with E-state index < -0.39 is 5.60 Å². The molecule has 2 atom stereocenters. The molecule has 1 rings (SSSR count). The lowest BCUT2D eigenvalue weighted by Crippen LogP contribution is -2.53. The molecule has 0 radical (unpaired) electrons. The molecule has 13 heavy (non-hydrogen) atoms. The minimum absolute atomic E-state index is 0.118. The van der Waals surface area contributed by atoms with Crippen LogP contribution >= 0.6 is 0 Å². The van der Waals surface area contributed by atoms with Crippen molar-refractivity contribution in [3.05, 3.63) is 0 Å². The van der Waals surface area contributed by atoms with Gasteiger partial charge in [-0.1, -0.05) is 19.8 Å². The molecule has 0 aromatic rings. The van der Waals surface area contributed by atoms with Crippen LogP contribution in [0.2, 0.25) is 0 Å². The monoisotopic (exact) mass is 187 g/mol. The SMILES string of the molecule is CCCCC(N)C1(O)CCCOC1. The summed E-state index contributed by atoms with van der Waals surface area (Å²) in [5, 5.41) is 10.1. The minimum atomic E-state index is -0.757. The van der Waals surface area contributed by atoms with E-state index in [1.807, 2.05) is 0 Å². The molecular formula is C10H21NO2. The summed E-state index contributed by atoms with van der Waals surface area (Å²) >= 11 is 0. The Labute approximate surface area is 80.3 Å². The quantitative estimate of drug-likeness (QED) is 0.691. The maximum absolute atomic E-state index is 10.1. The van der Waals surface area contributed by atoms with E-state index in [1.54, 1.807) is 0 Å². The molecule has 0 aromatic heterocycles. The predicted octanol–water partition coefficient (Wildman–Crippen LogP) is 1.05. The Kier molecular flexibility index (Phi) is 4.16. The third-order valence-electron chi connectivity index (χ3n) is 2.81. The third kappa shape index (κ3) is 2.93. The number of hydrogen-bond acceptors (Lipinski definition) is 3. The first kappa shape index (κ1) is 11.0. The van der Waals surface area contributed by atoms with Gasteiger partial charge in [-0.2, -0.15) is 0 Å².